The van der Waals surface area contributed by atoms with Crippen LogP contribution in [0.1, 0.15) is 65.6 Å². The molecule has 0 aliphatic heterocycles. The Morgan fingerprint density at radius 1 is 0.789 bits per heavy atom. The molecule has 0 aromatic heterocycles. The molecule has 0 amide bonds. The van der Waals surface area contributed by atoms with E-state index in [4.69, 9.17) is 0 Å². The van der Waals surface area contributed by atoms with Gasteiger partial charge in [-0.3, -0.25) is 0 Å². The van der Waals surface area contributed by atoms with Gasteiger partial charge in [-0.05, 0) is 76.3 Å². The SMILES string of the molecule is C=C/C=C(/c1cccc(C(C)/C=C(\C=C(/C)c2ccccc2)c2ccccc2)c1)c1cc(C)ccc1CC. The highest BCUT2D eigenvalue weighted by atomic mass is 14.2. The van der Waals surface area contributed by atoms with Crippen LogP contribution >= 0.6 is 0 Å². The minimum atomic E-state index is 0.234. The molecule has 0 aliphatic rings. The molecular weight excluding hydrogens is 456 g/mol. The number of rotatable bonds is 9. The molecule has 0 heterocycles. The van der Waals surface area contributed by atoms with Crippen LogP contribution in [0.25, 0.3) is 16.7 Å². The molecule has 0 N–H and O–H groups in total. The van der Waals surface area contributed by atoms with E-state index in [9.17, 15) is 0 Å². The van der Waals surface area contributed by atoms with Crippen LogP contribution in [-0.2, 0) is 6.42 Å². The van der Waals surface area contributed by atoms with Crippen LogP contribution in [0.5, 0.6) is 0 Å². The fraction of sp³-hybridized carbons (Fsp3) is 0.158. The topological polar surface area (TPSA) is 0 Å². The zero-order chi connectivity index (χ0) is 26.9. The van der Waals surface area contributed by atoms with E-state index in [2.05, 4.69) is 156 Å². The third-order valence-corrected chi connectivity index (χ3v) is 7.08. The molecule has 1 unspecified atom stereocenters. The maximum atomic E-state index is 4.02. The van der Waals surface area contributed by atoms with Gasteiger partial charge in [0.2, 0.25) is 0 Å². The van der Waals surface area contributed by atoms with E-state index in [1.165, 1.54) is 55.7 Å². The van der Waals surface area contributed by atoms with Gasteiger partial charge in [-0.15, -0.1) is 0 Å². The third-order valence-electron chi connectivity index (χ3n) is 7.08. The highest BCUT2D eigenvalue weighted by molar-refractivity contribution is 5.85. The number of allylic oxidation sites excluding steroid dienone is 6. The molecule has 0 fully saturated rings. The highest BCUT2D eigenvalue weighted by Crippen LogP contribution is 2.32. The summed E-state index contributed by atoms with van der Waals surface area (Å²) in [6.07, 6.45) is 9.75. The van der Waals surface area contributed by atoms with E-state index in [0.717, 1.165) is 6.42 Å². The maximum absolute atomic E-state index is 4.02. The van der Waals surface area contributed by atoms with Crippen molar-refractivity contribution in [2.24, 2.45) is 0 Å². The smallest absolute Gasteiger partial charge is 0.000101 e. The number of aryl methyl sites for hydroxylation is 2. The lowest BCUT2D eigenvalue weighted by molar-refractivity contribution is 0.969. The lowest BCUT2D eigenvalue weighted by Gasteiger charge is -2.16. The van der Waals surface area contributed by atoms with E-state index in [1.54, 1.807) is 0 Å². The summed E-state index contributed by atoms with van der Waals surface area (Å²) in [6, 6.07) is 37.0. The monoisotopic (exact) mass is 494 g/mol. The predicted octanol–water partition coefficient (Wildman–Crippen LogP) is 10.5. The van der Waals surface area contributed by atoms with E-state index < -0.39 is 0 Å². The van der Waals surface area contributed by atoms with Gasteiger partial charge in [-0.1, -0.05) is 153 Å². The molecule has 38 heavy (non-hydrogen) atoms. The van der Waals surface area contributed by atoms with Gasteiger partial charge in [0, 0.05) is 0 Å². The Morgan fingerprint density at radius 2 is 1.45 bits per heavy atom. The Morgan fingerprint density at radius 3 is 2.11 bits per heavy atom. The molecule has 0 heteroatoms. The standard InChI is InChI=1S/C38H38/c1-6-15-37(38-24-28(3)22-23-31(38)7-2)35-21-14-20-34(27-35)30(5)26-36(33-18-12-9-13-19-33)25-29(4)32-16-10-8-11-17-32/h6,8-27,30H,1,7H2,2-5H3/b29-25+,36-26+,37-15-. The predicted molar refractivity (Wildman–Crippen MR) is 167 cm³/mol. The summed E-state index contributed by atoms with van der Waals surface area (Å²) in [5.41, 5.74) is 12.6. The molecule has 4 rings (SSSR count). The summed E-state index contributed by atoms with van der Waals surface area (Å²) < 4.78 is 0. The van der Waals surface area contributed by atoms with Crippen LogP contribution in [0.4, 0.5) is 0 Å². The molecule has 0 spiro atoms. The Kier molecular flexibility index (Phi) is 9.11. The van der Waals surface area contributed by atoms with E-state index in [-0.39, 0.29) is 5.92 Å². The molecule has 4 aromatic carbocycles. The fourth-order valence-electron chi connectivity index (χ4n) is 4.94. The van der Waals surface area contributed by atoms with Gasteiger partial charge in [0.05, 0.1) is 0 Å². The lowest BCUT2D eigenvalue weighted by atomic mass is 9.88. The lowest BCUT2D eigenvalue weighted by Crippen LogP contribution is -1.98. The molecule has 4 aromatic rings. The highest BCUT2D eigenvalue weighted by Gasteiger charge is 2.12. The van der Waals surface area contributed by atoms with Crippen molar-refractivity contribution in [2.45, 2.75) is 40.0 Å². The maximum Gasteiger partial charge on any atom is -0.000101 e. The largest absolute Gasteiger partial charge is 0.0990 e. The van der Waals surface area contributed by atoms with Gasteiger partial charge in [0.25, 0.3) is 0 Å². The van der Waals surface area contributed by atoms with Gasteiger partial charge >= 0.3 is 0 Å². The molecule has 190 valence electrons. The van der Waals surface area contributed by atoms with Gasteiger partial charge < -0.3 is 0 Å². The summed E-state index contributed by atoms with van der Waals surface area (Å²) in [6.45, 7) is 12.9. The quantitative estimate of drug-likeness (QED) is 0.203. The minimum Gasteiger partial charge on any atom is -0.0990 e. The van der Waals surface area contributed by atoms with Crippen molar-refractivity contribution >= 4 is 16.7 Å². The van der Waals surface area contributed by atoms with Crippen LogP contribution < -0.4 is 0 Å². The fourth-order valence-corrected chi connectivity index (χ4v) is 4.94. The van der Waals surface area contributed by atoms with E-state index >= 15 is 0 Å². The summed E-state index contributed by atoms with van der Waals surface area (Å²) in [7, 11) is 0. The van der Waals surface area contributed by atoms with Gasteiger partial charge in [-0.2, -0.15) is 0 Å². The van der Waals surface area contributed by atoms with Crippen molar-refractivity contribution in [2.75, 3.05) is 0 Å². The second kappa shape index (κ2) is 12.9. The third kappa shape index (κ3) is 6.58. The number of hydrogen-bond acceptors (Lipinski definition) is 0. The first-order chi connectivity index (χ1) is 18.5. The van der Waals surface area contributed by atoms with Gasteiger partial charge in [0.1, 0.15) is 0 Å². The average molecular weight is 495 g/mol. The molecule has 0 saturated carbocycles. The Labute approximate surface area is 229 Å². The van der Waals surface area contributed by atoms with E-state index in [0.29, 0.717) is 0 Å². The van der Waals surface area contributed by atoms with Crippen molar-refractivity contribution in [1.29, 1.82) is 0 Å². The first-order valence-electron chi connectivity index (χ1n) is 13.5. The van der Waals surface area contributed by atoms with Crippen molar-refractivity contribution in [3.05, 3.63) is 173 Å². The van der Waals surface area contributed by atoms with Crippen LogP contribution in [0, 0.1) is 6.92 Å². The van der Waals surface area contributed by atoms with Crippen LogP contribution in [0.2, 0.25) is 0 Å². The van der Waals surface area contributed by atoms with Crippen LogP contribution in [-0.4, -0.2) is 0 Å². The molecule has 1 atom stereocenters. The molecular formula is C38H38. The second-order valence-corrected chi connectivity index (χ2v) is 9.93. The normalized spacial score (nSPS) is 13.3. The van der Waals surface area contributed by atoms with Gasteiger partial charge in [-0.25, -0.2) is 0 Å². The zero-order valence-corrected chi connectivity index (χ0v) is 23.1. The molecule has 0 saturated heterocycles. The van der Waals surface area contributed by atoms with Gasteiger partial charge in [0.15, 0.2) is 0 Å². The summed E-state index contributed by atoms with van der Waals surface area (Å²) >= 11 is 0. The Balaban J connectivity index is 1.76. The minimum absolute atomic E-state index is 0.234. The summed E-state index contributed by atoms with van der Waals surface area (Å²) in [5, 5.41) is 0. The molecule has 0 radical (unpaired) electrons. The molecule has 0 aliphatic carbocycles. The summed E-state index contributed by atoms with van der Waals surface area (Å²) in [5.74, 6) is 0.234. The summed E-state index contributed by atoms with van der Waals surface area (Å²) in [4.78, 5) is 0. The van der Waals surface area contributed by atoms with Crippen LogP contribution in [0.15, 0.2) is 134 Å². The first-order valence-corrected chi connectivity index (χ1v) is 13.5. The molecule has 0 bridgehead atoms. The Hall–Kier alpha value is -4.16. The van der Waals surface area contributed by atoms with Crippen molar-refractivity contribution in [3.8, 4) is 0 Å². The Bertz CT molecular complexity index is 1460. The van der Waals surface area contributed by atoms with Crippen molar-refractivity contribution in [1.82, 2.24) is 0 Å². The zero-order valence-electron chi connectivity index (χ0n) is 23.1. The van der Waals surface area contributed by atoms with Crippen molar-refractivity contribution < 1.29 is 0 Å². The average Bonchev–Trinajstić information content (AvgIpc) is 2.96. The van der Waals surface area contributed by atoms with E-state index in [1.807, 2.05) is 6.08 Å². The first kappa shape index (κ1) is 26.9. The molecule has 0 nitrogen and oxygen atoms in total. The number of benzene rings is 4. The van der Waals surface area contributed by atoms with Crippen LogP contribution in [0.3, 0.4) is 0 Å². The van der Waals surface area contributed by atoms with Crippen molar-refractivity contribution in [3.63, 3.8) is 0 Å². The second-order valence-electron chi connectivity index (χ2n) is 9.93. The number of hydrogen-bond donors (Lipinski definition) is 0.